The molecular weight excluding hydrogens is 445 g/mol. The monoisotopic (exact) mass is 476 g/mol. The summed E-state index contributed by atoms with van der Waals surface area (Å²) in [5, 5.41) is 20.5. The fourth-order valence-electron chi connectivity index (χ4n) is 6.15. The van der Waals surface area contributed by atoms with Gasteiger partial charge in [0, 0.05) is 24.3 Å². The lowest BCUT2D eigenvalue weighted by molar-refractivity contribution is -0.196. The number of anilines is 1. The summed E-state index contributed by atoms with van der Waals surface area (Å²) >= 11 is 0. The number of hydrogen-bond acceptors (Lipinski definition) is 6. The Labute approximate surface area is 197 Å². The molecule has 4 N–H and O–H groups in total. The molecule has 0 spiro atoms. The second-order valence-electron chi connectivity index (χ2n) is 10.1. The molecular formula is C24H31F3N6O. The number of piperidine rings is 1. The molecule has 1 aromatic carbocycles. The van der Waals surface area contributed by atoms with Crippen molar-refractivity contribution in [3.05, 3.63) is 29.3 Å². The first kappa shape index (κ1) is 23.4. The fourth-order valence-corrected chi connectivity index (χ4v) is 6.15. The summed E-state index contributed by atoms with van der Waals surface area (Å²) in [5.74, 6) is 0.0528. The van der Waals surface area contributed by atoms with Crippen LogP contribution in [0.1, 0.15) is 49.7 Å². The molecule has 5 atom stereocenters. The van der Waals surface area contributed by atoms with Crippen molar-refractivity contribution < 1.29 is 18.0 Å². The van der Waals surface area contributed by atoms with Crippen LogP contribution in [0.15, 0.2) is 18.2 Å². The first-order valence-electron chi connectivity index (χ1n) is 12.1. The van der Waals surface area contributed by atoms with Gasteiger partial charge in [-0.2, -0.15) is 18.4 Å². The van der Waals surface area contributed by atoms with Crippen LogP contribution >= 0.6 is 0 Å². The number of hydrogen-bond donors (Lipinski definition) is 4. The zero-order valence-corrected chi connectivity index (χ0v) is 19.2. The number of aryl methyl sites for hydroxylation is 1. The van der Waals surface area contributed by atoms with Gasteiger partial charge in [-0.05, 0) is 74.8 Å². The van der Waals surface area contributed by atoms with Crippen LogP contribution in [0.25, 0.3) is 0 Å². The number of fused-ring (bicyclic) bond motifs is 1. The van der Waals surface area contributed by atoms with E-state index in [2.05, 4.69) is 32.5 Å². The van der Waals surface area contributed by atoms with Crippen LogP contribution in [0.5, 0.6) is 0 Å². The van der Waals surface area contributed by atoms with E-state index in [0.29, 0.717) is 43.1 Å². The Morgan fingerprint density at radius 2 is 2.09 bits per heavy atom. The molecule has 1 amide bonds. The minimum absolute atomic E-state index is 0.0224. The summed E-state index contributed by atoms with van der Waals surface area (Å²) in [6.45, 7) is 2.63. The van der Waals surface area contributed by atoms with Gasteiger partial charge in [0.2, 0.25) is 5.91 Å². The first-order chi connectivity index (χ1) is 16.2. The number of nitrogens with one attached hydrogen (secondary N) is 4. The molecule has 0 radical (unpaired) electrons. The molecule has 7 nitrogen and oxygen atoms in total. The molecule has 4 unspecified atom stereocenters. The van der Waals surface area contributed by atoms with Crippen LogP contribution in [-0.4, -0.2) is 48.4 Å². The molecule has 4 aliphatic rings. The predicted molar refractivity (Wildman–Crippen MR) is 120 cm³/mol. The molecule has 5 rings (SSSR count). The largest absolute Gasteiger partial charge is 0.410 e. The number of carbonyl (C=O) groups is 1. The van der Waals surface area contributed by atoms with E-state index in [1.54, 1.807) is 25.1 Å². The van der Waals surface area contributed by atoms with Crippen molar-refractivity contribution in [2.75, 3.05) is 18.4 Å². The molecule has 4 fully saturated rings. The highest BCUT2D eigenvalue weighted by atomic mass is 19.4. The van der Waals surface area contributed by atoms with Gasteiger partial charge in [0.15, 0.2) is 0 Å². The summed E-state index contributed by atoms with van der Waals surface area (Å²) in [7, 11) is 0. The normalized spacial score (nSPS) is 32.7. The maximum atomic E-state index is 14.0. The van der Waals surface area contributed by atoms with Crippen molar-refractivity contribution in [2.45, 2.75) is 75.4 Å². The maximum absolute atomic E-state index is 14.0. The number of carbonyl (C=O) groups excluding carboxylic acids is 1. The lowest BCUT2D eigenvalue weighted by atomic mass is 9.84. The summed E-state index contributed by atoms with van der Waals surface area (Å²) in [6, 6.07) is 7.28. The molecule has 0 aromatic heterocycles. The Hall–Kier alpha value is -2.35. The number of benzene rings is 1. The highest BCUT2D eigenvalue weighted by molar-refractivity contribution is 5.82. The van der Waals surface area contributed by atoms with Gasteiger partial charge in [-0.25, -0.2) is 10.4 Å². The van der Waals surface area contributed by atoms with Gasteiger partial charge in [-0.1, -0.05) is 6.07 Å². The third-order valence-corrected chi connectivity index (χ3v) is 7.93. The average molecular weight is 477 g/mol. The van der Waals surface area contributed by atoms with Crippen molar-refractivity contribution in [1.29, 1.82) is 5.26 Å². The number of nitrogens with zero attached hydrogens (tertiary/aromatic N) is 2. The zero-order chi connectivity index (χ0) is 24.1. The number of rotatable bonds is 6. The van der Waals surface area contributed by atoms with Gasteiger partial charge in [-0.15, -0.1) is 0 Å². The van der Waals surface area contributed by atoms with E-state index < -0.39 is 17.9 Å². The standard InChI is InChI=1S/C24H31F3N6O/c1-14-13-16(5-6-17(14)23(24(25,26)27)9-2-11-30-23)31-21-20-19(8-12-29-22(20)34)33(32-21)18(7-10-28)15-3-4-15/h5-6,13,15,18-21,30-32H,2-4,7-9,11-12H2,1H3,(H,29,34)/t18-,19?,20?,21?,23?/m0/s1. The van der Waals surface area contributed by atoms with Crippen LogP contribution in [0.2, 0.25) is 0 Å². The summed E-state index contributed by atoms with van der Waals surface area (Å²) in [5.41, 5.74) is 2.91. The lowest BCUT2D eigenvalue weighted by Crippen LogP contribution is -2.52. The topological polar surface area (TPSA) is 92.2 Å². The Bertz CT molecular complexity index is 982. The van der Waals surface area contributed by atoms with E-state index >= 15 is 0 Å². The molecule has 10 heteroatoms. The van der Waals surface area contributed by atoms with Gasteiger partial charge in [-0.3, -0.25) is 10.1 Å². The summed E-state index contributed by atoms with van der Waals surface area (Å²) in [6.07, 6.45) is -0.939. The third-order valence-electron chi connectivity index (χ3n) is 7.93. The van der Waals surface area contributed by atoms with Crippen molar-refractivity contribution in [1.82, 2.24) is 21.1 Å². The molecule has 3 aliphatic heterocycles. The van der Waals surface area contributed by atoms with Gasteiger partial charge in [0.05, 0.1) is 18.4 Å². The smallest absolute Gasteiger partial charge is 0.368 e. The number of nitriles is 1. The van der Waals surface area contributed by atoms with Crippen LogP contribution < -0.4 is 21.4 Å². The Kier molecular flexibility index (Phi) is 5.99. The van der Waals surface area contributed by atoms with Crippen LogP contribution in [-0.2, 0) is 10.3 Å². The van der Waals surface area contributed by atoms with E-state index in [1.165, 1.54) is 0 Å². The molecule has 0 bridgehead atoms. The van der Waals surface area contributed by atoms with Gasteiger partial charge >= 0.3 is 6.18 Å². The Balaban J connectivity index is 1.39. The van der Waals surface area contributed by atoms with E-state index in [-0.39, 0.29) is 35.9 Å². The second kappa shape index (κ2) is 8.70. The lowest BCUT2D eigenvalue weighted by Gasteiger charge is -2.34. The highest BCUT2D eigenvalue weighted by Gasteiger charge is 2.58. The van der Waals surface area contributed by atoms with Gasteiger partial charge < -0.3 is 10.6 Å². The number of amides is 1. The minimum atomic E-state index is -4.39. The second-order valence-corrected chi connectivity index (χ2v) is 10.1. The van der Waals surface area contributed by atoms with Crippen molar-refractivity contribution in [3.8, 4) is 6.07 Å². The maximum Gasteiger partial charge on any atom is 0.410 e. The number of halogens is 3. The molecule has 34 heavy (non-hydrogen) atoms. The molecule has 3 heterocycles. The van der Waals surface area contributed by atoms with Crippen molar-refractivity contribution in [3.63, 3.8) is 0 Å². The van der Waals surface area contributed by atoms with Crippen LogP contribution in [0.3, 0.4) is 0 Å². The number of hydrazine groups is 1. The number of alkyl halides is 3. The predicted octanol–water partition coefficient (Wildman–Crippen LogP) is 2.89. The quantitative estimate of drug-likeness (QED) is 0.505. The molecule has 3 saturated heterocycles. The van der Waals surface area contributed by atoms with Crippen molar-refractivity contribution in [2.24, 2.45) is 11.8 Å². The fraction of sp³-hybridized carbons (Fsp3) is 0.667. The zero-order valence-electron chi connectivity index (χ0n) is 19.2. The summed E-state index contributed by atoms with van der Waals surface area (Å²) in [4.78, 5) is 12.8. The minimum Gasteiger partial charge on any atom is -0.368 e. The third kappa shape index (κ3) is 3.93. The molecule has 1 aliphatic carbocycles. The Morgan fingerprint density at radius 3 is 2.71 bits per heavy atom. The average Bonchev–Trinajstić information content (AvgIpc) is 3.37. The summed E-state index contributed by atoms with van der Waals surface area (Å²) < 4.78 is 42.1. The SMILES string of the molecule is Cc1cc(NC2NN([C@@H](CC#N)C3CC3)C3CCNC(=O)C23)ccc1C1(C(F)(F)F)CCCN1. The van der Waals surface area contributed by atoms with E-state index in [0.717, 1.165) is 19.3 Å². The van der Waals surface area contributed by atoms with Crippen molar-refractivity contribution >= 4 is 11.6 Å². The molecule has 1 aromatic rings. The molecule has 1 saturated carbocycles. The first-order valence-corrected chi connectivity index (χ1v) is 12.1. The van der Waals surface area contributed by atoms with Crippen LogP contribution in [0.4, 0.5) is 18.9 Å². The van der Waals surface area contributed by atoms with E-state index in [4.69, 9.17) is 0 Å². The van der Waals surface area contributed by atoms with Gasteiger partial charge in [0.1, 0.15) is 11.7 Å². The van der Waals surface area contributed by atoms with Crippen LogP contribution in [0, 0.1) is 30.1 Å². The van der Waals surface area contributed by atoms with E-state index in [1.807, 2.05) is 0 Å². The molecule has 184 valence electrons. The van der Waals surface area contributed by atoms with E-state index in [9.17, 15) is 23.2 Å². The highest BCUT2D eigenvalue weighted by Crippen LogP contribution is 2.46. The van der Waals surface area contributed by atoms with Gasteiger partial charge in [0.25, 0.3) is 0 Å². The Morgan fingerprint density at radius 1 is 1.29 bits per heavy atom.